The predicted molar refractivity (Wildman–Crippen MR) is 89.1 cm³/mol. The molecule has 1 aromatic rings. The van der Waals surface area contributed by atoms with Crippen LogP contribution in [0.2, 0.25) is 0 Å². The van der Waals surface area contributed by atoms with Gasteiger partial charge >= 0.3 is 0 Å². The predicted octanol–water partition coefficient (Wildman–Crippen LogP) is 1.28. The van der Waals surface area contributed by atoms with Crippen molar-refractivity contribution in [1.29, 1.82) is 0 Å². The third-order valence-corrected chi connectivity index (χ3v) is 4.15. The molecule has 2 amide bonds. The summed E-state index contributed by atoms with van der Waals surface area (Å²) in [5, 5.41) is 5.79. The Hall–Kier alpha value is -1.59. The van der Waals surface area contributed by atoms with Gasteiger partial charge in [0.2, 0.25) is 5.91 Å². The Kier molecular flexibility index (Phi) is 6.84. The summed E-state index contributed by atoms with van der Waals surface area (Å²) in [7, 11) is 3.44. The van der Waals surface area contributed by atoms with Crippen LogP contribution in [0.4, 0.5) is 0 Å². The van der Waals surface area contributed by atoms with Gasteiger partial charge in [-0.15, -0.1) is 12.4 Å². The monoisotopic (exact) mass is 325 g/mol. The lowest BCUT2D eigenvalue weighted by Crippen LogP contribution is -2.49. The van der Waals surface area contributed by atoms with Crippen molar-refractivity contribution in [2.45, 2.75) is 13.5 Å². The van der Waals surface area contributed by atoms with Crippen LogP contribution in [-0.2, 0) is 11.3 Å². The number of carbonyl (C=O) groups excluding carboxylic acids is 2. The van der Waals surface area contributed by atoms with Gasteiger partial charge in [0.05, 0.1) is 0 Å². The summed E-state index contributed by atoms with van der Waals surface area (Å²) in [5.74, 6) is 0.589. The fourth-order valence-electron chi connectivity index (χ4n) is 2.47. The molecule has 1 aliphatic rings. The maximum absolute atomic E-state index is 12.3. The molecule has 5 nitrogen and oxygen atoms in total. The van der Waals surface area contributed by atoms with Crippen LogP contribution in [0.5, 0.6) is 0 Å². The van der Waals surface area contributed by atoms with E-state index >= 15 is 0 Å². The number of benzene rings is 1. The van der Waals surface area contributed by atoms with Crippen LogP contribution in [0.15, 0.2) is 24.3 Å². The van der Waals surface area contributed by atoms with Crippen LogP contribution >= 0.6 is 12.4 Å². The number of nitrogens with one attached hydrogen (secondary N) is 2. The fraction of sp³-hybridized carbons (Fsp3) is 0.500. The zero-order chi connectivity index (χ0) is 15.4. The van der Waals surface area contributed by atoms with Crippen LogP contribution in [0.1, 0.15) is 22.8 Å². The molecule has 1 saturated heterocycles. The van der Waals surface area contributed by atoms with Crippen molar-refractivity contribution in [3.8, 4) is 0 Å². The van der Waals surface area contributed by atoms with Crippen LogP contribution in [0.25, 0.3) is 0 Å². The molecule has 1 aromatic carbocycles. The quantitative estimate of drug-likeness (QED) is 0.857. The molecule has 1 atom stereocenters. The maximum atomic E-state index is 12.3. The molecular weight excluding hydrogens is 302 g/mol. The summed E-state index contributed by atoms with van der Waals surface area (Å²) in [6.45, 7) is 4.43. The zero-order valence-electron chi connectivity index (χ0n) is 13.3. The maximum Gasteiger partial charge on any atom is 0.251 e. The van der Waals surface area contributed by atoms with Gasteiger partial charge in [-0.25, -0.2) is 0 Å². The van der Waals surface area contributed by atoms with Gasteiger partial charge in [0.25, 0.3) is 5.91 Å². The molecule has 0 bridgehead atoms. The van der Waals surface area contributed by atoms with Gasteiger partial charge in [-0.1, -0.05) is 19.1 Å². The van der Waals surface area contributed by atoms with Crippen LogP contribution in [0.3, 0.4) is 0 Å². The molecule has 0 spiro atoms. The van der Waals surface area contributed by atoms with E-state index in [4.69, 9.17) is 0 Å². The van der Waals surface area contributed by atoms with E-state index in [0.29, 0.717) is 18.0 Å². The van der Waals surface area contributed by atoms with E-state index in [1.807, 2.05) is 26.1 Å². The molecule has 122 valence electrons. The number of amides is 2. The Balaban J connectivity index is 0.00000242. The standard InChI is InChI=1S/C16H23N3O2.ClH/c1-11(14-8-18-9-14)16(21)19(3)10-12-4-6-13(7-5-12)15(20)17-2;/h4-7,11,14,18H,8-10H2,1-3H3,(H,17,20);1H. The highest BCUT2D eigenvalue weighted by atomic mass is 35.5. The molecule has 6 heteroatoms. The Morgan fingerprint density at radius 2 is 1.91 bits per heavy atom. The first-order valence-electron chi connectivity index (χ1n) is 7.29. The van der Waals surface area contributed by atoms with E-state index in [1.54, 1.807) is 24.1 Å². The largest absolute Gasteiger partial charge is 0.355 e. The third kappa shape index (κ3) is 4.21. The van der Waals surface area contributed by atoms with Crippen molar-refractivity contribution in [3.63, 3.8) is 0 Å². The first-order valence-corrected chi connectivity index (χ1v) is 7.29. The lowest BCUT2D eigenvalue weighted by molar-refractivity contribution is -0.136. The van der Waals surface area contributed by atoms with Gasteiger partial charge in [0.1, 0.15) is 0 Å². The number of hydrogen-bond donors (Lipinski definition) is 2. The van der Waals surface area contributed by atoms with E-state index in [2.05, 4.69) is 10.6 Å². The van der Waals surface area contributed by atoms with Crippen molar-refractivity contribution in [1.82, 2.24) is 15.5 Å². The SMILES string of the molecule is CNC(=O)c1ccc(CN(C)C(=O)C(C)C2CNC2)cc1.Cl. The average Bonchev–Trinajstić information content (AvgIpc) is 2.44. The highest BCUT2D eigenvalue weighted by molar-refractivity contribution is 5.93. The number of rotatable bonds is 5. The number of halogens is 1. The van der Waals surface area contributed by atoms with Crippen molar-refractivity contribution < 1.29 is 9.59 Å². The topological polar surface area (TPSA) is 61.4 Å². The van der Waals surface area contributed by atoms with E-state index < -0.39 is 0 Å². The molecule has 2 rings (SSSR count). The van der Waals surface area contributed by atoms with Gasteiger partial charge in [-0.2, -0.15) is 0 Å². The lowest BCUT2D eigenvalue weighted by atomic mass is 9.88. The molecule has 2 N–H and O–H groups in total. The summed E-state index contributed by atoms with van der Waals surface area (Å²) >= 11 is 0. The van der Waals surface area contributed by atoms with Gasteiger partial charge in [0.15, 0.2) is 0 Å². The first-order chi connectivity index (χ1) is 10.0. The smallest absolute Gasteiger partial charge is 0.251 e. The van der Waals surface area contributed by atoms with Gasteiger partial charge in [0, 0.05) is 32.1 Å². The van der Waals surface area contributed by atoms with Crippen molar-refractivity contribution in [3.05, 3.63) is 35.4 Å². The zero-order valence-corrected chi connectivity index (χ0v) is 14.1. The molecule has 0 saturated carbocycles. The molecule has 0 aliphatic carbocycles. The Labute approximate surface area is 137 Å². The molecule has 1 unspecified atom stereocenters. The van der Waals surface area contributed by atoms with Gasteiger partial charge in [-0.3, -0.25) is 9.59 Å². The van der Waals surface area contributed by atoms with Gasteiger partial charge < -0.3 is 15.5 Å². The summed E-state index contributed by atoms with van der Waals surface area (Å²) < 4.78 is 0. The summed E-state index contributed by atoms with van der Waals surface area (Å²) in [6.07, 6.45) is 0. The van der Waals surface area contributed by atoms with Crippen molar-refractivity contribution >= 4 is 24.2 Å². The minimum atomic E-state index is -0.0999. The fourth-order valence-corrected chi connectivity index (χ4v) is 2.47. The van der Waals surface area contributed by atoms with Crippen LogP contribution < -0.4 is 10.6 Å². The third-order valence-electron chi connectivity index (χ3n) is 4.15. The second-order valence-corrected chi connectivity index (χ2v) is 5.68. The molecule has 22 heavy (non-hydrogen) atoms. The van der Waals surface area contributed by atoms with E-state index in [1.165, 1.54) is 0 Å². The normalized spacial score (nSPS) is 15.2. The Morgan fingerprint density at radius 3 is 2.36 bits per heavy atom. The van der Waals surface area contributed by atoms with Crippen molar-refractivity contribution in [2.24, 2.45) is 11.8 Å². The first kappa shape index (κ1) is 18.5. The minimum absolute atomic E-state index is 0. The van der Waals surface area contributed by atoms with E-state index in [9.17, 15) is 9.59 Å². The molecule has 0 aromatic heterocycles. The van der Waals surface area contributed by atoms with E-state index in [-0.39, 0.29) is 30.1 Å². The van der Waals surface area contributed by atoms with Crippen LogP contribution in [-0.4, -0.2) is 43.9 Å². The second-order valence-electron chi connectivity index (χ2n) is 5.68. The highest BCUT2D eigenvalue weighted by Gasteiger charge is 2.30. The number of nitrogens with zero attached hydrogens (tertiary/aromatic N) is 1. The summed E-state index contributed by atoms with van der Waals surface area (Å²) in [6, 6.07) is 7.35. The molecule has 0 radical (unpaired) electrons. The Bertz CT molecular complexity index is 515. The van der Waals surface area contributed by atoms with Crippen LogP contribution in [0, 0.1) is 11.8 Å². The summed E-state index contributed by atoms with van der Waals surface area (Å²) in [4.78, 5) is 25.6. The average molecular weight is 326 g/mol. The summed E-state index contributed by atoms with van der Waals surface area (Å²) in [5.41, 5.74) is 1.65. The van der Waals surface area contributed by atoms with Crippen molar-refractivity contribution in [2.75, 3.05) is 27.2 Å². The molecule has 1 fully saturated rings. The second kappa shape index (κ2) is 8.15. The minimum Gasteiger partial charge on any atom is -0.355 e. The lowest BCUT2D eigenvalue weighted by Gasteiger charge is -2.34. The highest BCUT2D eigenvalue weighted by Crippen LogP contribution is 2.19. The number of carbonyl (C=O) groups is 2. The van der Waals surface area contributed by atoms with E-state index in [0.717, 1.165) is 18.7 Å². The molecule has 1 heterocycles. The molecular formula is C16H24ClN3O2. The molecule has 1 aliphatic heterocycles. The van der Waals surface area contributed by atoms with Gasteiger partial charge in [-0.05, 0) is 36.7 Å². The Morgan fingerprint density at radius 1 is 1.32 bits per heavy atom. The number of hydrogen-bond acceptors (Lipinski definition) is 3.